The van der Waals surface area contributed by atoms with E-state index in [4.69, 9.17) is 5.26 Å². The van der Waals surface area contributed by atoms with Crippen molar-refractivity contribution in [3.05, 3.63) is 23.8 Å². The summed E-state index contributed by atoms with van der Waals surface area (Å²) < 4.78 is 0. The number of nitrogens with zero attached hydrogens (tertiary/aromatic N) is 3. The lowest BCUT2D eigenvalue weighted by molar-refractivity contribution is 0.793. The monoisotopic (exact) mass is 201 g/mol. The fourth-order valence-electron chi connectivity index (χ4n) is 2.09. The minimum absolute atomic E-state index is 0.487. The van der Waals surface area contributed by atoms with Gasteiger partial charge in [-0.15, -0.1) is 0 Å². The summed E-state index contributed by atoms with van der Waals surface area (Å²) in [5.74, 6) is 0. The molecule has 3 nitrogen and oxygen atoms in total. The van der Waals surface area contributed by atoms with Gasteiger partial charge in [0.1, 0.15) is 0 Å². The summed E-state index contributed by atoms with van der Waals surface area (Å²) in [4.78, 5) is 4.48. The first kappa shape index (κ1) is 9.85. The third-order valence-electron chi connectivity index (χ3n) is 2.93. The van der Waals surface area contributed by atoms with Crippen molar-refractivity contribution in [2.75, 3.05) is 37.0 Å². The van der Waals surface area contributed by atoms with Crippen LogP contribution < -0.4 is 9.80 Å². The summed E-state index contributed by atoms with van der Waals surface area (Å²) in [7, 11) is 4.19. The van der Waals surface area contributed by atoms with E-state index < -0.39 is 0 Å². The average Bonchev–Trinajstić information content (AvgIpc) is 2.24. The number of para-hydroxylation sites is 1. The molecular formula is C12H15N3. The third-order valence-corrected chi connectivity index (χ3v) is 2.93. The smallest absolute Gasteiger partial charge is 0.0670 e. The Morgan fingerprint density at radius 3 is 2.73 bits per heavy atom. The maximum absolute atomic E-state index is 8.79. The minimum Gasteiger partial charge on any atom is -0.371 e. The summed E-state index contributed by atoms with van der Waals surface area (Å²) in [6.45, 7) is 2.06. The van der Waals surface area contributed by atoms with E-state index in [2.05, 4.69) is 36.0 Å². The molecule has 3 heteroatoms. The van der Waals surface area contributed by atoms with Gasteiger partial charge in [0.2, 0.25) is 0 Å². The largest absolute Gasteiger partial charge is 0.371 e. The van der Waals surface area contributed by atoms with Gasteiger partial charge in [-0.25, -0.2) is 0 Å². The Labute approximate surface area is 90.5 Å². The van der Waals surface area contributed by atoms with Gasteiger partial charge >= 0.3 is 0 Å². The first-order chi connectivity index (χ1) is 7.24. The van der Waals surface area contributed by atoms with Gasteiger partial charge < -0.3 is 9.80 Å². The number of hydrogen-bond donors (Lipinski definition) is 0. The Balaban J connectivity index is 2.52. The van der Waals surface area contributed by atoms with Gasteiger partial charge in [0.15, 0.2) is 0 Å². The highest BCUT2D eigenvalue weighted by molar-refractivity contribution is 5.76. The Morgan fingerprint density at radius 1 is 1.27 bits per heavy atom. The molecule has 0 saturated carbocycles. The zero-order chi connectivity index (χ0) is 10.8. The second-order valence-electron chi connectivity index (χ2n) is 3.96. The second-order valence-corrected chi connectivity index (χ2v) is 3.96. The van der Waals surface area contributed by atoms with E-state index in [1.54, 1.807) is 0 Å². The molecule has 0 amide bonds. The van der Waals surface area contributed by atoms with Crippen LogP contribution in [0.5, 0.6) is 0 Å². The van der Waals surface area contributed by atoms with Crippen LogP contribution in [0.2, 0.25) is 0 Å². The summed E-state index contributed by atoms with van der Waals surface area (Å²) in [5, 5.41) is 8.79. The van der Waals surface area contributed by atoms with E-state index in [1.165, 1.54) is 11.4 Å². The van der Waals surface area contributed by atoms with Crippen LogP contribution in [0.15, 0.2) is 18.2 Å². The van der Waals surface area contributed by atoms with E-state index >= 15 is 0 Å². The first-order valence-electron chi connectivity index (χ1n) is 5.15. The fraction of sp³-hybridized carbons (Fsp3) is 0.417. The number of hydrogen-bond acceptors (Lipinski definition) is 3. The molecule has 0 aliphatic carbocycles. The predicted octanol–water partition coefficient (Wildman–Crippen LogP) is 1.64. The molecule has 1 aromatic rings. The second kappa shape index (κ2) is 3.82. The van der Waals surface area contributed by atoms with E-state index in [9.17, 15) is 0 Å². The van der Waals surface area contributed by atoms with Gasteiger partial charge in [-0.2, -0.15) is 5.26 Å². The van der Waals surface area contributed by atoms with Crippen LogP contribution in [-0.4, -0.2) is 27.2 Å². The molecule has 0 atom stereocenters. The van der Waals surface area contributed by atoms with Crippen molar-refractivity contribution in [3.63, 3.8) is 0 Å². The molecule has 0 saturated heterocycles. The Bertz CT molecular complexity index is 406. The van der Waals surface area contributed by atoms with Crippen molar-refractivity contribution in [2.45, 2.75) is 6.42 Å². The van der Waals surface area contributed by atoms with Gasteiger partial charge in [0.05, 0.1) is 23.9 Å². The molecule has 0 fully saturated rings. The number of fused-ring (bicyclic) bond motifs is 1. The average molecular weight is 201 g/mol. The number of nitriles is 1. The quantitative estimate of drug-likeness (QED) is 0.692. The summed E-state index contributed by atoms with van der Waals surface area (Å²) in [5.41, 5.74) is 3.58. The zero-order valence-corrected chi connectivity index (χ0v) is 9.20. The maximum atomic E-state index is 8.79. The minimum atomic E-state index is 0.487. The zero-order valence-electron chi connectivity index (χ0n) is 9.20. The van der Waals surface area contributed by atoms with Gasteiger partial charge in [0, 0.05) is 27.2 Å². The maximum Gasteiger partial charge on any atom is 0.0670 e. The van der Waals surface area contributed by atoms with Crippen LogP contribution in [-0.2, 0) is 6.42 Å². The summed E-state index contributed by atoms with van der Waals surface area (Å²) >= 11 is 0. The van der Waals surface area contributed by atoms with Crippen LogP contribution >= 0.6 is 0 Å². The number of benzene rings is 1. The van der Waals surface area contributed by atoms with Crippen LogP contribution in [0.4, 0.5) is 11.4 Å². The highest BCUT2D eigenvalue weighted by Gasteiger charge is 2.19. The van der Waals surface area contributed by atoms with Crippen molar-refractivity contribution in [2.24, 2.45) is 0 Å². The lowest BCUT2D eigenvalue weighted by atomic mass is 10.1. The Hall–Kier alpha value is -1.69. The van der Waals surface area contributed by atoms with Gasteiger partial charge in [-0.1, -0.05) is 12.1 Å². The Kier molecular flexibility index (Phi) is 2.51. The van der Waals surface area contributed by atoms with Gasteiger partial charge in [-0.05, 0) is 11.6 Å². The van der Waals surface area contributed by atoms with Crippen molar-refractivity contribution in [3.8, 4) is 6.07 Å². The molecule has 0 aromatic heterocycles. The summed E-state index contributed by atoms with van der Waals surface area (Å²) in [6.07, 6.45) is 0.487. The number of likely N-dealkylation sites (N-methyl/N-ethyl adjacent to an activating group) is 2. The van der Waals surface area contributed by atoms with Crippen molar-refractivity contribution >= 4 is 11.4 Å². The molecule has 0 unspecified atom stereocenters. The molecule has 0 N–H and O–H groups in total. The van der Waals surface area contributed by atoms with E-state index in [-0.39, 0.29) is 0 Å². The molecule has 2 rings (SSSR count). The van der Waals surface area contributed by atoms with E-state index in [0.29, 0.717) is 6.42 Å². The number of anilines is 2. The lowest BCUT2D eigenvalue weighted by Gasteiger charge is -2.36. The molecule has 1 heterocycles. The molecule has 0 radical (unpaired) electrons. The van der Waals surface area contributed by atoms with Crippen molar-refractivity contribution in [1.82, 2.24) is 0 Å². The molecular weight excluding hydrogens is 186 g/mol. The van der Waals surface area contributed by atoms with Crippen LogP contribution in [0, 0.1) is 11.3 Å². The van der Waals surface area contributed by atoms with Gasteiger partial charge in [-0.3, -0.25) is 0 Å². The SMILES string of the molecule is CN1CCN(C)c2c(CC#N)cccc21. The highest BCUT2D eigenvalue weighted by atomic mass is 15.2. The summed E-state index contributed by atoms with van der Waals surface area (Å²) in [6, 6.07) is 8.41. The molecule has 1 aliphatic rings. The number of rotatable bonds is 1. The van der Waals surface area contributed by atoms with Gasteiger partial charge in [0.25, 0.3) is 0 Å². The molecule has 1 aliphatic heterocycles. The third kappa shape index (κ3) is 1.63. The highest BCUT2D eigenvalue weighted by Crippen LogP contribution is 2.34. The molecule has 0 spiro atoms. The van der Waals surface area contributed by atoms with Crippen molar-refractivity contribution in [1.29, 1.82) is 5.26 Å². The lowest BCUT2D eigenvalue weighted by Crippen LogP contribution is -2.37. The normalized spacial score (nSPS) is 14.7. The topological polar surface area (TPSA) is 30.3 Å². The van der Waals surface area contributed by atoms with Crippen LogP contribution in [0.25, 0.3) is 0 Å². The van der Waals surface area contributed by atoms with Crippen LogP contribution in [0.3, 0.4) is 0 Å². The van der Waals surface area contributed by atoms with E-state index in [0.717, 1.165) is 18.7 Å². The van der Waals surface area contributed by atoms with Crippen LogP contribution in [0.1, 0.15) is 5.56 Å². The predicted molar refractivity (Wildman–Crippen MR) is 62.3 cm³/mol. The Morgan fingerprint density at radius 2 is 2.00 bits per heavy atom. The fourth-order valence-corrected chi connectivity index (χ4v) is 2.09. The standard InChI is InChI=1S/C12H15N3/c1-14-8-9-15(2)12-10(6-7-13)4-3-5-11(12)14/h3-5H,6,8-9H2,1-2H3. The molecule has 15 heavy (non-hydrogen) atoms. The van der Waals surface area contributed by atoms with E-state index in [1.807, 2.05) is 12.1 Å². The molecule has 0 bridgehead atoms. The molecule has 78 valence electrons. The first-order valence-corrected chi connectivity index (χ1v) is 5.15. The molecule has 1 aromatic carbocycles. The van der Waals surface area contributed by atoms with Crippen molar-refractivity contribution < 1.29 is 0 Å².